The molecule has 0 saturated heterocycles. The molecule has 0 radical (unpaired) electrons. The van der Waals surface area contributed by atoms with E-state index in [-0.39, 0.29) is 0 Å². The SMILES string of the molecule is S=C1CC=C2C=CC=CC=C12. The molecule has 0 bridgehead atoms. The van der Waals surface area contributed by atoms with Crippen LogP contribution in [0.5, 0.6) is 0 Å². The number of fused-ring (bicyclic) bond motifs is 1. The molecule has 2 rings (SSSR count). The normalized spacial score (nSPS) is 20.9. The average molecular weight is 160 g/mol. The number of thiocarbonyl (C=S) groups is 1. The summed E-state index contributed by atoms with van der Waals surface area (Å²) < 4.78 is 0. The standard InChI is InChI=1S/C10H8S/c11-10-7-6-8-4-2-1-3-5-9(8)10/h1-6H,7H2. The zero-order valence-electron chi connectivity index (χ0n) is 6.08. The van der Waals surface area contributed by atoms with E-state index in [0.717, 1.165) is 11.3 Å². The van der Waals surface area contributed by atoms with Crippen molar-refractivity contribution in [1.82, 2.24) is 0 Å². The molecule has 0 aliphatic heterocycles. The summed E-state index contributed by atoms with van der Waals surface area (Å²) >= 11 is 5.19. The molecule has 2 aliphatic rings. The van der Waals surface area contributed by atoms with Crippen LogP contribution >= 0.6 is 12.2 Å². The summed E-state index contributed by atoms with van der Waals surface area (Å²) in [5, 5.41) is 0. The Hall–Kier alpha value is -0.950. The van der Waals surface area contributed by atoms with Crippen molar-refractivity contribution >= 4 is 17.1 Å². The minimum atomic E-state index is 0.939. The lowest BCUT2D eigenvalue weighted by atomic mass is 10.1. The fraction of sp³-hybridized carbons (Fsp3) is 0.100. The molecule has 0 unspecified atom stereocenters. The molecule has 0 N–H and O–H groups in total. The van der Waals surface area contributed by atoms with E-state index in [1.165, 1.54) is 11.1 Å². The van der Waals surface area contributed by atoms with Crippen LogP contribution in [0, 0.1) is 0 Å². The first-order valence-electron chi connectivity index (χ1n) is 3.67. The van der Waals surface area contributed by atoms with Gasteiger partial charge in [0.05, 0.1) is 0 Å². The lowest BCUT2D eigenvalue weighted by Gasteiger charge is -1.96. The Labute approximate surface area is 71.6 Å². The van der Waals surface area contributed by atoms with E-state index in [2.05, 4.69) is 18.2 Å². The smallest absolute Gasteiger partial charge is 0.0268 e. The highest BCUT2D eigenvalue weighted by molar-refractivity contribution is 7.81. The van der Waals surface area contributed by atoms with Gasteiger partial charge in [0.1, 0.15) is 0 Å². The number of rotatable bonds is 0. The highest BCUT2D eigenvalue weighted by Gasteiger charge is 2.13. The summed E-state index contributed by atoms with van der Waals surface area (Å²) in [6.07, 6.45) is 13.4. The largest absolute Gasteiger partial charge is 0.0839 e. The monoisotopic (exact) mass is 160 g/mol. The van der Waals surface area contributed by atoms with Gasteiger partial charge in [-0.2, -0.15) is 0 Å². The van der Waals surface area contributed by atoms with Crippen LogP contribution in [0.1, 0.15) is 6.42 Å². The third kappa shape index (κ3) is 1.12. The van der Waals surface area contributed by atoms with E-state index in [9.17, 15) is 0 Å². The highest BCUT2D eigenvalue weighted by Crippen LogP contribution is 2.25. The van der Waals surface area contributed by atoms with Gasteiger partial charge in [-0.15, -0.1) is 0 Å². The van der Waals surface area contributed by atoms with Gasteiger partial charge in [0.15, 0.2) is 0 Å². The molecule has 0 fully saturated rings. The second-order valence-corrected chi connectivity index (χ2v) is 3.10. The number of hydrogen-bond donors (Lipinski definition) is 0. The van der Waals surface area contributed by atoms with Crippen molar-refractivity contribution in [2.75, 3.05) is 0 Å². The van der Waals surface area contributed by atoms with E-state index in [0.29, 0.717) is 0 Å². The summed E-state index contributed by atoms with van der Waals surface area (Å²) in [5.41, 5.74) is 2.50. The van der Waals surface area contributed by atoms with Crippen molar-refractivity contribution in [3.8, 4) is 0 Å². The Morgan fingerprint density at radius 1 is 1.18 bits per heavy atom. The zero-order valence-corrected chi connectivity index (χ0v) is 6.90. The van der Waals surface area contributed by atoms with Gasteiger partial charge in [-0.05, 0) is 11.1 Å². The minimum absolute atomic E-state index is 0.939. The van der Waals surface area contributed by atoms with Crippen molar-refractivity contribution in [2.45, 2.75) is 6.42 Å². The lowest BCUT2D eigenvalue weighted by Crippen LogP contribution is -1.90. The Bertz CT molecular complexity index is 314. The van der Waals surface area contributed by atoms with Crippen molar-refractivity contribution in [3.63, 3.8) is 0 Å². The topological polar surface area (TPSA) is 0 Å². The molecular weight excluding hydrogens is 152 g/mol. The number of hydrogen-bond acceptors (Lipinski definition) is 1. The Kier molecular flexibility index (Phi) is 1.59. The summed E-state index contributed by atoms with van der Waals surface area (Å²) in [6.45, 7) is 0. The fourth-order valence-electron chi connectivity index (χ4n) is 1.31. The van der Waals surface area contributed by atoms with Crippen LogP contribution in [-0.4, -0.2) is 4.86 Å². The molecule has 0 saturated carbocycles. The van der Waals surface area contributed by atoms with Gasteiger partial charge >= 0.3 is 0 Å². The lowest BCUT2D eigenvalue weighted by molar-refractivity contribution is 1.57. The van der Waals surface area contributed by atoms with E-state index in [1.54, 1.807) is 0 Å². The quantitative estimate of drug-likeness (QED) is 0.491. The van der Waals surface area contributed by atoms with Crippen molar-refractivity contribution in [3.05, 3.63) is 47.6 Å². The Balaban J connectivity index is 2.49. The first-order valence-corrected chi connectivity index (χ1v) is 4.07. The van der Waals surface area contributed by atoms with Crippen molar-refractivity contribution in [2.24, 2.45) is 0 Å². The molecule has 11 heavy (non-hydrogen) atoms. The van der Waals surface area contributed by atoms with Crippen molar-refractivity contribution < 1.29 is 0 Å². The highest BCUT2D eigenvalue weighted by atomic mass is 32.1. The van der Waals surface area contributed by atoms with Crippen LogP contribution in [0.15, 0.2) is 47.6 Å². The molecule has 0 heterocycles. The molecule has 0 nitrogen and oxygen atoms in total. The maximum Gasteiger partial charge on any atom is 0.0268 e. The van der Waals surface area contributed by atoms with Gasteiger partial charge in [0.25, 0.3) is 0 Å². The Morgan fingerprint density at radius 2 is 2.09 bits per heavy atom. The van der Waals surface area contributed by atoms with E-state index >= 15 is 0 Å². The molecule has 0 spiro atoms. The first kappa shape index (κ1) is 6.74. The fourth-order valence-corrected chi connectivity index (χ4v) is 1.57. The maximum absolute atomic E-state index is 5.19. The molecule has 0 aromatic carbocycles. The zero-order chi connectivity index (χ0) is 7.68. The van der Waals surface area contributed by atoms with Crippen molar-refractivity contribution in [1.29, 1.82) is 0 Å². The van der Waals surface area contributed by atoms with E-state index < -0.39 is 0 Å². The summed E-state index contributed by atoms with van der Waals surface area (Å²) in [6, 6.07) is 0. The van der Waals surface area contributed by atoms with Crippen LogP contribution in [-0.2, 0) is 0 Å². The van der Waals surface area contributed by atoms with E-state index in [1.807, 2.05) is 18.2 Å². The van der Waals surface area contributed by atoms with E-state index in [4.69, 9.17) is 12.2 Å². The van der Waals surface area contributed by atoms with Crippen LogP contribution in [0.3, 0.4) is 0 Å². The molecule has 0 aromatic rings. The van der Waals surface area contributed by atoms with Crippen LogP contribution in [0.4, 0.5) is 0 Å². The number of allylic oxidation sites excluding steroid dienone is 8. The molecule has 2 aliphatic carbocycles. The molecule has 0 aromatic heterocycles. The average Bonchev–Trinajstić information content (AvgIpc) is 2.25. The summed E-state index contributed by atoms with van der Waals surface area (Å²) in [5.74, 6) is 0. The molecule has 1 heteroatoms. The van der Waals surface area contributed by atoms with Gasteiger partial charge in [-0.25, -0.2) is 0 Å². The summed E-state index contributed by atoms with van der Waals surface area (Å²) in [7, 11) is 0. The van der Waals surface area contributed by atoms with Gasteiger partial charge in [-0.1, -0.05) is 48.7 Å². The van der Waals surface area contributed by atoms with Crippen LogP contribution in [0.2, 0.25) is 0 Å². The second kappa shape index (κ2) is 2.59. The molecule has 54 valence electrons. The molecule has 0 amide bonds. The third-order valence-electron chi connectivity index (χ3n) is 1.88. The third-order valence-corrected chi connectivity index (χ3v) is 2.27. The van der Waals surface area contributed by atoms with Gasteiger partial charge in [0, 0.05) is 11.3 Å². The maximum atomic E-state index is 5.19. The van der Waals surface area contributed by atoms with Gasteiger partial charge in [0.2, 0.25) is 0 Å². The molecular formula is C10H8S. The van der Waals surface area contributed by atoms with Crippen LogP contribution < -0.4 is 0 Å². The van der Waals surface area contributed by atoms with Gasteiger partial charge < -0.3 is 0 Å². The summed E-state index contributed by atoms with van der Waals surface area (Å²) in [4.78, 5) is 1.07. The second-order valence-electron chi connectivity index (χ2n) is 2.61. The Morgan fingerprint density at radius 3 is 3.00 bits per heavy atom. The van der Waals surface area contributed by atoms with Gasteiger partial charge in [-0.3, -0.25) is 0 Å². The molecule has 0 atom stereocenters. The predicted octanol–water partition coefficient (Wildman–Crippen LogP) is 2.74. The minimum Gasteiger partial charge on any atom is -0.0839 e. The van der Waals surface area contributed by atoms with Crippen LogP contribution in [0.25, 0.3) is 0 Å². The predicted molar refractivity (Wildman–Crippen MR) is 51.7 cm³/mol. The first-order chi connectivity index (χ1) is 5.38.